The summed E-state index contributed by atoms with van der Waals surface area (Å²) in [7, 11) is 0. The molecule has 0 radical (unpaired) electrons. The van der Waals surface area contributed by atoms with Gasteiger partial charge in [-0.2, -0.15) is 0 Å². The molecule has 2 unspecified atom stereocenters. The van der Waals surface area contributed by atoms with Crippen molar-refractivity contribution in [3.63, 3.8) is 0 Å². The zero-order chi connectivity index (χ0) is 10.2. The van der Waals surface area contributed by atoms with Gasteiger partial charge in [-0.15, -0.1) is 0 Å². The van der Waals surface area contributed by atoms with E-state index in [9.17, 15) is 4.79 Å². The maximum absolute atomic E-state index is 11.7. The molecule has 0 fully saturated rings. The van der Waals surface area contributed by atoms with Gasteiger partial charge in [0.2, 0.25) is 0 Å². The van der Waals surface area contributed by atoms with Crippen molar-refractivity contribution in [1.29, 1.82) is 0 Å². The van der Waals surface area contributed by atoms with Gasteiger partial charge < -0.3 is 0 Å². The molecule has 0 amide bonds. The van der Waals surface area contributed by atoms with Gasteiger partial charge in [0.25, 0.3) is 0 Å². The van der Waals surface area contributed by atoms with E-state index in [2.05, 4.69) is 27.7 Å². The quantitative estimate of drug-likeness (QED) is 0.605. The minimum absolute atomic E-state index is 0.195. The minimum Gasteiger partial charge on any atom is -0.295 e. The molecule has 0 aliphatic heterocycles. The molecule has 0 aromatic rings. The maximum Gasteiger partial charge on any atom is 0.159 e. The number of hydrogen-bond donors (Lipinski definition) is 0. The summed E-state index contributed by atoms with van der Waals surface area (Å²) in [6, 6.07) is 0. The Hall–Kier alpha value is -0.590. The second-order valence-electron chi connectivity index (χ2n) is 4.64. The summed E-state index contributed by atoms with van der Waals surface area (Å²) in [5, 5.41) is 0. The summed E-state index contributed by atoms with van der Waals surface area (Å²) in [5.41, 5.74) is 2.49. The topological polar surface area (TPSA) is 17.1 Å². The number of rotatable bonds is 1. The number of Topliss-reactive ketones (excluding diaryl/α,β-unsaturated/α-hetero) is 1. The van der Waals surface area contributed by atoms with Gasteiger partial charge >= 0.3 is 0 Å². The van der Waals surface area contributed by atoms with Crippen LogP contribution in [0.4, 0.5) is 0 Å². The van der Waals surface area contributed by atoms with Gasteiger partial charge in [0, 0.05) is 6.42 Å². The zero-order valence-electron chi connectivity index (χ0n) is 9.40. The van der Waals surface area contributed by atoms with Gasteiger partial charge in [0.15, 0.2) is 5.78 Å². The van der Waals surface area contributed by atoms with Crippen molar-refractivity contribution in [1.82, 2.24) is 0 Å². The van der Waals surface area contributed by atoms with Crippen LogP contribution in [0.15, 0.2) is 11.1 Å². The van der Waals surface area contributed by atoms with Crippen LogP contribution in [-0.4, -0.2) is 5.78 Å². The average molecular weight is 180 g/mol. The molecule has 0 saturated carbocycles. The van der Waals surface area contributed by atoms with Crippen molar-refractivity contribution in [2.24, 2.45) is 11.3 Å². The van der Waals surface area contributed by atoms with E-state index in [0.29, 0.717) is 11.7 Å². The predicted molar refractivity (Wildman–Crippen MR) is 55.6 cm³/mol. The molecule has 0 aromatic heterocycles. The van der Waals surface area contributed by atoms with E-state index in [4.69, 9.17) is 0 Å². The molecule has 1 aliphatic rings. The van der Waals surface area contributed by atoms with E-state index in [-0.39, 0.29) is 5.41 Å². The second-order valence-corrected chi connectivity index (χ2v) is 4.64. The van der Waals surface area contributed by atoms with Crippen molar-refractivity contribution in [3.05, 3.63) is 11.1 Å². The molecule has 74 valence electrons. The first-order valence-electron chi connectivity index (χ1n) is 5.13. The normalized spacial score (nSPS) is 35.5. The van der Waals surface area contributed by atoms with Crippen LogP contribution in [-0.2, 0) is 4.79 Å². The molecular formula is C12H20O. The van der Waals surface area contributed by atoms with Crippen LogP contribution >= 0.6 is 0 Å². The molecule has 1 rings (SSSR count). The standard InChI is InChI=1S/C12H20O/c1-6-12(5)7-11(13)9(3)8(2)10(12)4/h10H,6-7H2,1-5H3. The second kappa shape index (κ2) is 3.28. The fourth-order valence-corrected chi connectivity index (χ4v) is 2.15. The monoisotopic (exact) mass is 180 g/mol. The summed E-state index contributed by atoms with van der Waals surface area (Å²) >= 11 is 0. The van der Waals surface area contributed by atoms with Crippen LogP contribution in [0.1, 0.15) is 47.5 Å². The third-order valence-electron chi connectivity index (χ3n) is 4.08. The highest BCUT2D eigenvalue weighted by atomic mass is 16.1. The number of carbonyl (C=O) groups excluding carboxylic acids is 1. The van der Waals surface area contributed by atoms with Gasteiger partial charge in [-0.3, -0.25) is 4.79 Å². The molecule has 0 spiro atoms. The molecule has 0 heterocycles. The molecule has 0 saturated heterocycles. The van der Waals surface area contributed by atoms with E-state index >= 15 is 0 Å². The Morgan fingerprint density at radius 2 is 2.00 bits per heavy atom. The first-order chi connectivity index (χ1) is 5.92. The predicted octanol–water partition coefficient (Wildman–Crippen LogP) is 3.35. The van der Waals surface area contributed by atoms with Gasteiger partial charge in [-0.05, 0) is 37.2 Å². The van der Waals surface area contributed by atoms with E-state index in [1.165, 1.54) is 5.57 Å². The van der Waals surface area contributed by atoms with Crippen molar-refractivity contribution >= 4 is 5.78 Å². The van der Waals surface area contributed by atoms with Crippen molar-refractivity contribution < 1.29 is 4.79 Å². The molecule has 0 aromatic carbocycles. The number of ketones is 1. The fourth-order valence-electron chi connectivity index (χ4n) is 2.15. The van der Waals surface area contributed by atoms with Crippen LogP contribution < -0.4 is 0 Å². The van der Waals surface area contributed by atoms with Crippen LogP contribution in [0.3, 0.4) is 0 Å². The SMILES string of the molecule is CCC1(C)CC(=O)C(C)=C(C)C1C. The number of allylic oxidation sites excluding steroid dienone is 2. The number of carbonyl (C=O) groups is 1. The third-order valence-corrected chi connectivity index (χ3v) is 4.08. The molecule has 1 nitrogen and oxygen atoms in total. The lowest BCUT2D eigenvalue weighted by molar-refractivity contribution is -0.119. The third kappa shape index (κ3) is 1.56. The van der Waals surface area contributed by atoms with Crippen LogP contribution in [0, 0.1) is 11.3 Å². The average Bonchev–Trinajstić information content (AvgIpc) is 2.12. The lowest BCUT2D eigenvalue weighted by Crippen LogP contribution is -2.34. The van der Waals surface area contributed by atoms with Gasteiger partial charge in [0.1, 0.15) is 0 Å². The Balaban J connectivity index is 3.09. The lowest BCUT2D eigenvalue weighted by Gasteiger charge is -2.39. The Labute approximate surface area is 81.2 Å². The highest BCUT2D eigenvalue weighted by Gasteiger charge is 2.37. The highest BCUT2D eigenvalue weighted by Crippen LogP contribution is 2.44. The molecule has 2 atom stereocenters. The highest BCUT2D eigenvalue weighted by molar-refractivity contribution is 5.97. The minimum atomic E-state index is 0.195. The van der Waals surface area contributed by atoms with Gasteiger partial charge in [0.05, 0.1) is 0 Å². The molecule has 1 heteroatoms. The first kappa shape index (κ1) is 10.5. The van der Waals surface area contributed by atoms with Crippen LogP contribution in [0.5, 0.6) is 0 Å². The summed E-state index contributed by atoms with van der Waals surface area (Å²) in [6.45, 7) is 10.7. The molecular weight excluding hydrogens is 160 g/mol. The Kier molecular flexibility index (Phi) is 2.65. The Morgan fingerprint density at radius 1 is 1.46 bits per heavy atom. The smallest absolute Gasteiger partial charge is 0.159 e. The van der Waals surface area contributed by atoms with Gasteiger partial charge in [-0.25, -0.2) is 0 Å². The molecule has 1 aliphatic carbocycles. The summed E-state index contributed by atoms with van der Waals surface area (Å²) in [6.07, 6.45) is 1.82. The largest absolute Gasteiger partial charge is 0.295 e. The summed E-state index contributed by atoms with van der Waals surface area (Å²) in [5.74, 6) is 0.898. The molecule has 0 N–H and O–H groups in total. The Bertz CT molecular complexity index is 262. The van der Waals surface area contributed by atoms with Crippen LogP contribution in [0.2, 0.25) is 0 Å². The zero-order valence-corrected chi connectivity index (χ0v) is 9.40. The fraction of sp³-hybridized carbons (Fsp3) is 0.750. The molecule has 0 bridgehead atoms. The number of hydrogen-bond acceptors (Lipinski definition) is 1. The van der Waals surface area contributed by atoms with E-state index < -0.39 is 0 Å². The Morgan fingerprint density at radius 3 is 2.46 bits per heavy atom. The van der Waals surface area contributed by atoms with Gasteiger partial charge in [-0.1, -0.05) is 26.3 Å². The van der Waals surface area contributed by atoms with E-state index in [1.807, 2.05) is 6.92 Å². The lowest BCUT2D eigenvalue weighted by atomic mass is 9.64. The summed E-state index contributed by atoms with van der Waals surface area (Å²) < 4.78 is 0. The maximum atomic E-state index is 11.7. The van der Waals surface area contributed by atoms with Crippen molar-refractivity contribution in [3.8, 4) is 0 Å². The van der Waals surface area contributed by atoms with Crippen molar-refractivity contribution in [2.75, 3.05) is 0 Å². The van der Waals surface area contributed by atoms with Crippen molar-refractivity contribution in [2.45, 2.75) is 47.5 Å². The molecule has 13 heavy (non-hydrogen) atoms. The van der Waals surface area contributed by atoms with E-state index in [0.717, 1.165) is 18.4 Å². The summed E-state index contributed by atoms with van der Waals surface area (Å²) in [4.78, 5) is 11.7. The first-order valence-corrected chi connectivity index (χ1v) is 5.13. The van der Waals surface area contributed by atoms with Crippen LogP contribution in [0.25, 0.3) is 0 Å². The van der Waals surface area contributed by atoms with E-state index in [1.54, 1.807) is 0 Å².